The summed E-state index contributed by atoms with van der Waals surface area (Å²) in [5, 5.41) is 14.9. The van der Waals surface area contributed by atoms with Gasteiger partial charge in [-0.1, -0.05) is 10.4 Å². The van der Waals surface area contributed by atoms with Gasteiger partial charge in [0.2, 0.25) is 0 Å². The number of hydrogen-bond acceptors (Lipinski definition) is 5. The predicted octanol–water partition coefficient (Wildman–Crippen LogP) is 0.401. The van der Waals surface area contributed by atoms with Crippen molar-refractivity contribution in [2.24, 2.45) is 7.05 Å². The molecule has 0 aliphatic carbocycles. The highest BCUT2D eigenvalue weighted by molar-refractivity contribution is 5.03. The zero-order chi connectivity index (χ0) is 10.7. The van der Waals surface area contributed by atoms with Crippen LogP contribution in [0.5, 0.6) is 0 Å². The molecule has 0 unspecified atom stereocenters. The number of rotatable bonds is 4. The van der Waals surface area contributed by atoms with E-state index < -0.39 is 0 Å². The Balaban J connectivity index is 1.80. The van der Waals surface area contributed by atoms with Gasteiger partial charge in [0.15, 0.2) is 0 Å². The Morgan fingerprint density at radius 3 is 2.80 bits per heavy atom. The number of nitrogens with one attached hydrogen (secondary N) is 1. The van der Waals surface area contributed by atoms with Crippen molar-refractivity contribution in [1.29, 1.82) is 0 Å². The van der Waals surface area contributed by atoms with Gasteiger partial charge in [0, 0.05) is 32.4 Å². The molecule has 2 aromatic rings. The minimum absolute atomic E-state index is 0.675. The average molecular weight is 207 g/mol. The molecule has 1 N–H and O–H groups in total. The lowest BCUT2D eigenvalue weighted by molar-refractivity contribution is 0.388. The maximum atomic E-state index is 4.95. The lowest BCUT2D eigenvalue weighted by atomic mass is 10.3. The summed E-state index contributed by atoms with van der Waals surface area (Å²) < 4.78 is 6.63. The molecule has 2 heterocycles. The maximum absolute atomic E-state index is 4.95. The summed E-state index contributed by atoms with van der Waals surface area (Å²) in [4.78, 5) is 0. The van der Waals surface area contributed by atoms with Gasteiger partial charge in [0.05, 0.1) is 11.4 Å². The van der Waals surface area contributed by atoms with E-state index in [-0.39, 0.29) is 0 Å². The van der Waals surface area contributed by atoms with Crippen molar-refractivity contribution in [3.63, 3.8) is 0 Å². The first kappa shape index (κ1) is 9.85. The lowest BCUT2D eigenvalue weighted by Crippen LogP contribution is -2.13. The van der Waals surface area contributed by atoms with Gasteiger partial charge in [-0.2, -0.15) is 0 Å². The monoisotopic (exact) mass is 207 g/mol. The highest BCUT2D eigenvalue weighted by atomic mass is 16.5. The third kappa shape index (κ3) is 2.63. The molecule has 0 saturated heterocycles. The van der Waals surface area contributed by atoms with Crippen LogP contribution in [0.25, 0.3) is 0 Å². The van der Waals surface area contributed by atoms with Crippen molar-refractivity contribution < 1.29 is 4.52 Å². The normalized spacial score (nSPS) is 10.8. The van der Waals surface area contributed by atoms with Crippen molar-refractivity contribution in [2.75, 3.05) is 0 Å². The van der Waals surface area contributed by atoms with Crippen LogP contribution in [-0.2, 0) is 20.1 Å². The molecule has 2 aromatic heterocycles. The largest absolute Gasteiger partial charge is 0.361 e. The van der Waals surface area contributed by atoms with Gasteiger partial charge in [-0.3, -0.25) is 4.68 Å². The molecule has 0 atom stereocenters. The van der Waals surface area contributed by atoms with Crippen LogP contribution < -0.4 is 5.32 Å². The van der Waals surface area contributed by atoms with E-state index in [0.29, 0.717) is 13.1 Å². The van der Waals surface area contributed by atoms with Crippen LogP contribution in [0.3, 0.4) is 0 Å². The third-order valence-corrected chi connectivity index (χ3v) is 1.94. The molecule has 15 heavy (non-hydrogen) atoms. The SMILES string of the molecule is Cc1cc(CNCc2cn(C)nn2)no1. The Bertz CT molecular complexity index is 393. The zero-order valence-electron chi connectivity index (χ0n) is 8.77. The van der Waals surface area contributed by atoms with Crippen molar-refractivity contribution in [1.82, 2.24) is 25.5 Å². The number of aromatic nitrogens is 4. The van der Waals surface area contributed by atoms with Crippen LogP contribution in [0.4, 0.5) is 0 Å². The summed E-state index contributed by atoms with van der Waals surface area (Å²) in [5.74, 6) is 0.825. The van der Waals surface area contributed by atoms with E-state index in [1.54, 1.807) is 4.68 Å². The number of hydrogen-bond donors (Lipinski definition) is 1. The van der Waals surface area contributed by atoms with Crippen molar-refractivity contribution in [3.05, 3.63) is 29.4 Å². The van der Waals surface area contributed by atoms with Crippen LogP contribution in [0.15, 0.2) is 16.8 Å². The molecule has 0 aromatic carbocycles. The Morgan fingerprint density at radius 1 is 1.40 bits per heavy atom. The summed E-state index contributed by atoms with van der Waals surface area (Å²) in [6.45, 7) is 3.23. The van der Waals surface area contributed by atoms with Gasteiger partial charge in [0.25, 0.3) is 0 Å². The van der Waals surface area contributed by atoms with Gasteiger partial charge < -0.3 is 9.84 Å². The molecule has 0 bridgehead atoms. The summed E-state index contributed by atoms with van der Waals surface area (Å²) in [6.07, 6.45) is 1.88. The number of aryl methyl sites for hydroxylation is 2. The Labute approximate surface area is 87.3 Å². The van der Waals surface area contributed by atoms with Crippen LogP contribution >= 0.6 is 0 Å². The summed E-state index contributed by atoms with van der Waals surface area (Å²) in [5.41, 5.74) is 1.81. The second-order valence-corrected chi connectivity index (χ2v) is 3.42. The fraction of sp³-hybridized carbons (Fsp3) is 0.444. The molecule has 6 heteroatoms. The number of nitrogens with zero attached hydrogens (tertiary/aromatic N) is 4. The topological polar surface area (TPSA) is 68.8 Å². The van der Waals surface area contributed by atoms with E-state index in [0.717, 1.165) is 17.1 Å². The Kier molecular flexibility index (Phi) is 2.77. The molecule has 0 amide bonds. The summed E-state index contributed by atoms with van der Waals surface area (Å²) >= 11 is 0. The highest BCUT2D eigenvalue weighted by Gasteiger charge is 2.01. The first-order valence-electron chi connectivity index (χ1n) is 4.72. The van der Waals surface area contributed by atoms with Crippen LogP contribution in [0, 0.1) is 6.92 Å². The lowest BCUT2D eigenvalue weighted by Gasteiger charge is -1.96. The second-order valence-electron chi connectivity index (χ2n) is 3.42. The fourth-order valence-electron chi connectivity index (χ4n) is 1.30. The van der Waals surface area contributed by atoms with Crippen LogP contribution in [0.1, 0.15) is 17.1 Å². The minimum atomic E-state index is 0.675. The predicted molar refractivity (Wildman–Crippen MR) is 52.8 cm³/mol. The van der Waals surface area contributed by atoms with E-state index in [4.69, 9.17) is 4.52 Å². The second kappa shape index (κ2) is 4.22. The van der Waals surface area contributed by atoms with Gasteiger partial charge in [-0.25, -0.2) is 0 Å². The van der Waals surface area contributed by atoms with Gasteiger partial charge in [0.1, 0.15) is 5.76 Å². The fourth-order valence-corrected chi connectivity index (χ4v) is 1.30. The minimum Gasteiger partial charge on any atom is -0.361 e. The molecular weight excluding hydrogens is 194 g/mol. The van der Waals surface area contributed by atoms with E-state index in [1.165, 1.54) is 0 Å². The van der Waals surface area contributed by atoms with Crippen LogP contribution in [-0.4, -0.2) is 20.2 Å². The summed E-state index contributed by atoms with van der Waals surface area (Å²) in [6, 6.07) is 1.91. The first-order chi connectivity index (χ1) is 7.24. The van der Waals surface area contributed by atoms with Crippen molar-refractivity contribution in [2.45, 2.75) is 20.0 Å². The van der Waals surface area contributed by atoms with E-state index in [1.807, 2.05) is 26.2 Å². The zero-order valence-corrected chi connectivity index (χ0v) is 8.77. The molecule has 0 spiro atoms. The molecule has 2 rings (SSSR count). The first-order valence-corrected chi connectivity index (χ1v) is 4.72. The maximum Gasteiger partial charge on any atom is 0.133 e. The molecule has 0 radical (unpaired) electrons. The van der Waals surface area contributed by atoms with Gasteiger partial charge in [-0.15, -0.1) is 5.10 Å². The summed E-state index contributed by atoms with van der Waals surface area (Å²) in [7, 11) is 1.84. The van der Waals surface area contributed by atoms with E-state index in [9.17, 15) is 0 Å². The highest BCUT2D eigenvalue weighted by Crippen LogP contribution is 2.01. The molecule has 0 aliphatic rings. The molecule has 0 aliphatic heterocycles. The quantitative estimate of drug-likeness (QED) is 0.786. The molecule has 0 fully saturated rings. The van der Waals surface area contributed by atoms with Crippen molar-refractivity contribution in [3.8, 4) is 0 Å². The molecule has 6 nitrogen and oxygen atoms in total. The molecule has 0 saturated carbocycles. The Morgan fingerprint density at radius 2 is 2.20 bits per heavy atom. The van der Waals surface area contributed by atoms with Crippen molar-refractivity contribution >= 4 is 0 Å². The average Bonchev–Trinajstić information content (AvgIpc) is 2.76. The van der Waals surface area contributed by atoms with E-state index in [2.05, 4.69) is 20.8 Å². The third-order valence-electron chi connectivity index (χ3n) is 1.94. The van der Waals surface area contributed by atoms with E-state index >= 15 is 0 Å². The van der Waals surface area contributed by atoms with Gasteiger partial charge in [-0.05, 0) is 6.92 Å². The Hall–Kier alpha value is -1.69. The van der Waals surface area contributed by atoms with Crippen LogP contribution in [0.2, 0.25) is 0 Å². The van der Waals surface area contributed by atoms with Gasteiger partial charge >= 0.3 is 0 Å². The standard InChI is InChI=1S/C9H13N5O/c1-7-3-8(12-15-7)4-10-5-9-6-14(2)13-11-9/h3,6,10H,4-5H2,1-2H3. The molecular formula is C9H13N5O. The smallest absolute Gasteiger partial charge is 0.133 e. The molecule has 80 valence electrons.